The molecular formula is C13H14Cl2N2O. The van der Waals surface area contributed by atoms with Crippen LogP contribution in [0.2, 0.25) is 5.15 Å². The topological polar surface area (TPSA) is 27.1 Å². The van der Waals surface area contributed by atoms with E-state index < -0.39 is 0 Å². The molecule has 18 heavy (non-hydrogen) atoms. The van der Waals surface area contributed by atoms with Crippen molar-refractivity contribution in [3.63, 3.8) is 0 Å². The highest BCUT2D eigenvalue weighted by atomic mass is 35.5. The van der Waals surface area contributed by atoms with Crippen LogP contribution in [0.15, 0.2) is 24.3 Å². The van der Waals surface area contributed by atoms with Gasteiger partial charge in [-0.15, -0.1) is 11.6 Å². The van der Waals surface area contributed by atoms with Gasteiger partial charge in [-0.2, -0.15) is 5.10 Å². The lowest BCUT2D eigenvalue weighted by atomic mass is 10.2. The summed E-state index contributed by atoms with van der Waals surface area (Å²) < 4.78 is 6.84. The van der Waals surface area contributed by atoms with Crippen LogP contribution in [-0.4, -0.2) is 22.8 Å². The Morgan fingerprint density at radius 2 is 1.94 bits per heavy atom. The van der Waals surface area contributed by atoms with Crippen LogP contribution in [-0.2, 0) is 6.42 Å². The largest absolute Gasteiger partial charge is 0.497 e. The molecule has 2 aromatic rings. The normalized spacial score (nSPS) is 10.7. The van der Waals surface area contributed by atoms with Gasteiger partial charge in [0.05, 0.1) is 18.5 Å². The molecular weight excluding hydrogens is 271 g/mol. The molecule has 5 heteroatoms. The van der Waals surface area contributed by atoms with Crippen molar-refractivity contribution in [1.82, 2.24) is 9.78 Å². The molecule has 2 rings (SSSR count). The number of benzene rings is 1. The minimum atomic E-state index is 0.537. The van der Waals surface area contributed by atoms with Crippen LogP contribution in [0.5, 0.6) is 5.75 Å². The molecule has 1 aromatic carbocycles. The van der Waals surface area contributed by atoms with E-state index in [0.29, 0.717) is 11.0 Å². The fourth-order valence-corrected chi connectivity index (χ4v) is 2.36. The average molecular weight is 285 g/mol. The zero-order chi connectivity index (χ0) is 13.1. The number of methoxy groups -OCH3 is 1. The predicted molar refractivity (Wildman–Crippen MR) is 74.3 cm³/mol. The Kier molecular flexibility index (Phi) is 4.15. The number of alkyl halides is 1. The minimum absolute atomic E-state index is 0.537. The number of aromatic nitrogens is 2. The van der Waals surface area contributed by atoms with Crippen molar-refractivity contribution < 1.29 is 4.74 Å². The first-order chi connectivity index (χ1) is 8.67. The Hall–Kier alpha value is -1.19. The van der Waals surface area contributed by atoms with Gasteiger partial charge in [-0.25, -0.2) is 4.68 Å². The number of halogens is 2. The van der Waals surface area contributed by atoms with E-state index in [1.807, 2.05) is 31.2 Å². The van der Waals surface area contributed by atoms with Crippen molar-refractivity contribution in [3.05, 3.63) is 40.7 Å². The number of hydrogen-bond acceptors (Lipinski definition) is 2. The van der Waals surface area contributed by atoms with E-state index in [9.17, 15) is 0 Å². The standard InChI is InChI=1S/C13H14Cl2N2O/c1-9-12(7-8-14)13(15)17(16-9)10-3-5-11(18-2)6-4-10/h3-6H,7-8H2,1-2H3. The molecule has 0 fully saturated rings. The van der Waals surface area contributed by atoms with Crippen LogP contribution in [0, 0.1) is 6.92 Å². The molecule has 0 bridgehead atoms. The zero-order valence-corrected chi connectivity index (χ0v) is 11.8. The number of hydrogen-bond donors (Lipinski definition) is 0. The number of ether oxygens (including phenoxy) is 1. The van der Waals surface area contributed by atoms with Crippen LogP contribution in [0.4, 0.5) is 0 Å². The van der Waals surface area contributed by atoms with Crippen LogP contribution >= 0.6 is 23.2 Å². The molecule has 1 aromatic heterocycles. The molecule has 0 unspecified atom stereocenters. The summed E-state index contributed by atoms with van der Waals surface area (Å²) in [5, 5.41) is 5.06. The smallest absolute Gasteiger partial charge is 0.136 e. The average Bonchev–Trinajstić information content (AvgIpc) is 2.67. The summed E-state index contributed by atoms with van der Waals surface area (Å²) >= 11 is 12.1. The summed E-state index contributed by atoms with van der Waals surface area (Å²) in [5.74, 6) is 1.34. The van der Waals surface area contributed by atoms with Crippen molar-refractivity contribution in [2.24, 2.45) is 0 Å². The van der Waals surface area contributed by atoms with Crippen LogP contribution in [0.3, 0.4) is 0 Å². The van der Waals surface area contributed by atoms with Gasteiger partial charge < -0.3 is 4.74 Å². The van der Waals surface area contributed by atoms with Crippen molar-refractivity contribution in [3.8, 4) is 11.4 Å². The van der Waals surface area contributed by atoms with Gasteiger partial charge in [-0.3, -0.25) is 0 Å². The van der Waals surface area contributed by atoms with Crippen LogP contribution in [0.25, 0.3) is 5.69 Å². The highest BCUT2D eigenvalue weighted by molar-refractivity contribution is 6.30. The maximum Gasteiger partial charge on any atom is 0.136 e. The van der Waals surface area contributed by atoms with Crippen LogP contribution < -0.4 is 4.74 Å². The molecule has 0 saturated carbocycles. The van der Waals surface area contributed by atoms with Gasteiger partial charge in [0.2, 0.25) is 0 Å². The van der Waals surface area contributed by atoms with E-state index in [-0.39, 0.29) is 0 Å². The second kappa shape index (κ2) is 5.63. The molecule has 0 N–H and O–H groups in total. The summed E-state index contributed by atoms with van der Waals surface area (Å²) in [6, 6.07) is 7.59. The van der Waals surface area contributed by atoms with E-state index in [2.05, 4.69) is 5.10 Å². The molecule has 1 heterocycles. The predicted octanol–water partition coefficient (Wildman–Crippen LogP) is 3.62. The van der Waals surface area contributed by atoms with Crippen LogP contribution in [0.1, 0.15) is 11.3 Å². The zero-order valence-electron chi connectivity index (χ0n) is 10.3. The molecule has 0 atom stereocenters. The lowest BCUT2D eigenvalue weighted by Gasteiger charge is -2.05. The maximum atomic E-state index is 6.33. The summed E-state index contributed by atoms with van der Waals surface area (Å²) in [4.78, 5) is 0. The Morgan fingerprint density at radius 1 is 1.28 bits per heavy atom. The van der Waals surface area contributed by atoms with E-state index in [4.69, 9.17) is 27.9 Å². The van der Waals surface area contributed by atoms with Gasteiger partial charge in [0.15, 0.2) is 0 Å². The third kappa shape index (κ3) is 2.47. The first kappa shape index (κ1) is 13.2. The van der Waals surface area contributed by atoms with E-state index in [0.717, 1.165) is 29.1 Å². The molecule has 0 radical (unpaired) electrons. The first-order valence-corrected chi connectivity index (χ1v) is 6.53. The number of nitrogens with zero attached hydrogens (tertiary/aromatic N) is 2. The molecule has 96 valence electrons. The molecule has 0 spiro atoms. The second-order valence-corrected chi connectivity index (χ2v) is 4.64. The molecule has 0 aliphatic carbocycles. The highest BCUT2D eigenvalue weighted by Crippen LogP contribution is 2.25. The van der Waals surface area contributed by atoms with E-state index >= 15 is 0 Å². The number of rotatable bonds is 4. The fraction of sp³-hybridized carbons (Fsp3) is 0.308. The van der Waals surface area contributed by atoms with Crippen molar-refractivity contribution in [2.45, 2.75) is 13.3 Å². The number of aryl methyl sites for hydroxylation is 1. The summed E-state index contributed by atoms with van der Waals surface area (Å²) in [5.41, 5.74) is 2.82. The van der Waals surface area contributed by atoms with Gasteiger partial charge in [-0.05, 0) is 37.6 Å². The Labute approximate surface area is 116 Å². The van der Waals surface area contributed by atoms with Gasteiger partial charge in [0, 0.05) is 11.4 Å². The minimum Gasteiger partial charge on any atom is -0.497 e. The van der Waals surface area contributed by atoms with Gasteiger partial charge in [0.1, 0.15) is 10.9 Å². The third-order valence-electron chi connectivity index (χ3n) is 2.78. The molecule has 0 aliphatic rings. The highest BCUT2D eigenvalue weighted by Gasteiger charge is 2.13. The lowest BCUT2D eigenvalue weighted by molar-refractivity contribution is 0.414. The van der Waals surface area contributed by atoms with E-state index in [1.54, 1.807) is 11.8 Å². The molecule has 0 saturated heterocycles. The van der Waals surface area contributed by atoms with Crippen molar-refractivity contribution in [2.75, 3.05) is 13.0 Å². The monoisotopic (exact) mass is 284 g/mol. The SMILES string of the molecule is COc1ccc(-n2nc(C)c(CCCl)c2Cl)cc1. The Morgan fingerprint density at radius 3 is 2.50 bits per heavy atom. The Bertz CT molecular complexity index is 535. The quantitative estimate of drug-likeness (QED) is 0.802. The van der Waals surface area contributed by atoms with E-state index in [1.165, 1.54) is 0 Å². The van der Waals surface area contributed by atoms with Crippen molar-refractivity contribution >= 4 is 23.2 Å². The lowest BCUT2D eigenvalue weighted by Crippen LogP contribution is -1.97. The van der Waals surface area contributed by atoms with Gasteiger partial charge in [0.25, 0.3) is 0 Å². The van der Waals surface area contributed by atoms with Crippen molar-refractivity contribution in [1.29, 1.82) is 0 Å². The second-order valence-electron chi connectivity index (χ2n) is 3.90. The summed E-state index contributed by atoms with van der Waals surface area (Å²) in [6.45, 7) is 1.94. The van der Waals surface area contributed by atoms with Gasteiger partial charge in [-0.1, -0.05) is 11.6 Å². The fourth-order valence-electron chi connectivity index (χ4n) is 1.80. The molecule has 0 amide bonds. The molecule has 0 aliphatic heterocycles. The van der Waals surface area contributed by atoms with Gasteiger partial charge >= 0.3 is 0 Å². The summed E-state index contributed by atoms with van der Waals surface area (Å²) in [6.07, 6.45) is 0.725. The maximum absolute atomic E-state index is 6.33. The summed E-state index contributed by atoms with van der Waals surface area (Å²) in [7, 11) is 1.64. The molecule has 3 nitrogen and oxygen atoms in total. The first-order valence-electron chi connectivity index (χ1n) is 5.61. The third-order valence-corrected chi connectivity index (χ3v) is 3.36. The Balaban J connectivity index is 2.40.